The van der Waals surface area contributed by atoms with E-state index < -0.39 is 21.5 Å². The Morgan fingerprint density at radius 2 is 2.12 bits per heavy atom. The van der Waals surface area contributed by atoms with E-state index in [1.54, 1.807) is 0 Å². The number of carboxylic acids is 1. The lowest BCUT2D eigenvalue weighted by atomic mass is 10.1. The van der Waals surface area contributed by atoms with Crippen molar-refractivity contribution in [3.05, 3.63) is 14.9 Å². The molecule has 0 aliphatic rings. The highest BCUT2D eigenvalue weighted by Crippen LogP contribution is 2.34. The SMILES string of the molecule is CC(C)(NS(=O)(=O)c1cc(Cl)c(Br)s1)C(=O)O. The molecule has 2 N–H and O–H groups in total. The van der Waals surface area contributed by atoms with Crippen LogP contribution in [0.2, 0.25) is 5.02 Å². The Morgan fingerprint density at radius 1 is 1.59 bits per heavy atom. The number of sulfonamides is 1. The fraction of sp³-hybridized carbons (Fsp3) is 0.375. The van der Waals surface area contributed by atoms with Gasteiger partial charge in [-0.25, -0.2) is 8.42 Å². The van der Waals surface area contributed by atoms with E-state index in [-0.39, 0.29) is 9.23 Å². The van der Waals surface area contributed by atoms with E-state index in [4.69, 9.17) is 16.7 Å². The summed E-state index contributed by atoms with van der Waals surface area (Å²) in [7, 11) is -3.89. The van der Waals surface area contributed by atoms with Gasteiger partial charge < -0.3 is 5.11 Å². The molecule has 0 fully saturated rings. The molecule has 1 aromatic heterocycles. The quantitative estimate of drug-likeness (QED) is 0.861. The zero-order valence-corrected chi connectivity index (χ0v) is 12.8. The smallest absolute Gasteiger partial charge is 0.324 e. The van der Waals surface area contributed by atoms with Crippen molar-refractivity contribution in [2.45, 2.75) is 23.6 Å². The van der Waals surface area contributed by atoms with Crippen molar-refractivity contribution in [2.24, 2.45) is 0 Å². The lowest BCUT2D eigenvalue weighted by Crippen LogP contribution is -2.49. The molecule has 0 aromatic carbocycles. The molecule has 0 spiro atoms. The van der Waals surface area contributed by atoms with Crippen LogP contribution in [0.3, 0.4) is 0 Å². The monoisotopic (exact) mass is 361 g/mol. The summed E-state index contributed by atoms with van der Waals surface area (Å²) in [6.07, 6.45) is 0. The summed E-state index contributed by atoms with van der Waals surface area (Å²) in [5.74, 6) is -1.26. The Kier molecular flexibility index (Phi) is 4.25. The summed E-state index contributed by atoms with van der Waals surface area (Å²) in [5.41, 5.74) is -1.58. The number of thiophene rings is 1. The van der Waals surface area contributed by atoms with Crippen molar-refractivity contribution in [3.63, 3.8) is 0 Å². The molecule has 17 heavy (non-hydrogen) atoms. The van der Waals surface area contributed by atoms with E-state index >= 15 is 0 Å². The summed E-state index contributed by atoms with van der Waals surface area (Å²) < 4.78 is 26.3. The maximum atomic E-state index is 11.9. The molecule has 9 heteroatoms. The topological polar surface area (TPSA) is 83.5 Å². The molecule has 0 amide bonds. The number of hydrogen-bond acceptors (Lipinski definition) is 4. The van der Waals surface area contributed by atoms with Gasteiger partial charge in [-0.15, -0.1) is 11.3 Å². The first-order valence-electron chi connectivity index (χ1n) is 4.28. The lowest BCUT2D eigenvalue weighted by Gasteiger charge is -2.19. The van der Waals surface area contributed by atoms with Crippen molar-refractivity contribution >= 4 is 54.9 Å². The number of hydrogen-bond donors (Lipinski definition) is 2. The molecule has 0 aliphatic heterocycles. The Balaban J connectivity index is 3.09. The predicted octanol–water partition coefficient (Wildman–Crippen LogP) is 2.31. The predicted molar refractivity (Wildman–Crippen MR) is 69.1 cm³/mol. The number of carboxylic acid groups (broad SMARTS) is 1. The summed E-state index contributed by atoms with van der Waals surface area (Å²) >= 11 is 9.73. The van der Waals surface area contributed by atoms with Crippen LogP contribution in [-0.2, 0) is 14.8 Å². The van der Waals surface area contributed by atoms with E-state index in [9.17, 15) is 13.2 Å². The Morgan fingerprint density at radius 3 is 2.47 bits per heavy atom. The zero-order valence-electron chi connectivity index (χ0n) is 8.82. The van der Waals surface area contributed by atoms with Crippen molar-refractivity contribution in [3.8, 4) is 0 Å². The van der Waals surface area contributed by atoms with Gasteiger partial charge in [-0.2, -0.15) is 4.72 Å². The largest absolute Gasteiger partial charge is 0.480 e. The third kappa shape index (κ3) is 3.41. The van der Waals surface area contributed by atoms with Crippen LogP contribution in [0.15, 0.2) is 14.1 Å². The van der Waals surface area contributed by atoms with E-state index in [0.717, 1.165) is 11.3 Å². The van der Waals surface area contributed by atoms with Crippen molar-refractivity contribution < 1.29 is 18.3 Å². The van der Waals surface area contributed by atoms with Crippen LogP contribution in [0.4, 0.5) is 0 Å². The van der Waals surface area contributed by atoms with Crippen LogP contribution >= 0.6 is 38.9 Å². The zero-order chi connectivity index (χ0) is 13.4. The highest BCUT2D eigenvalue weighted by molar-refractivity contribution is 9.11. The molecular formula is C8H9BrClNO4S2. The van der Waals surface area contributed by atoms with Crippen LogP contribution in [0.5, 0.6) is 0 Å². The van der Waals surface area contributed by atoms with Crippen molar-refractivity contribution in [1.29, 1.82) is 0 Å². The Labute approximate surface area is 116 Å². The second-order valence-corrected chi connectivity index (χ2v) is 8.41. The average Bonchev–Trinajstić information content (AvgIpc) is 2.45. The number of nitrogens with one attached hydrogen (secondary N) is 1. The Hall–Kier alpha value is -0.150. The van der Waals surface area contributed by atoms with Gasteiger partial charge in [0.1, 0.15) is 9.75 Å². The van der Waals surface area contributed by atoms with Gasteiger partial charge in [0.05, 0.1) is 8.81 Å². The van der Waals surface area contributed by atoms with Gasteiger partial charge in [-0.1, -0.05) is 11.6 Å². The maximum absolute atomic E-state index is 11.9. The van der Waals surface area contributed by atoms with Gasteiger partial charge in [-0.05, 0) is 35.8 Å². The number of halogens is 2. The molecule has 5 nitrogen and oxygen atoms in total. The van der Waals surface area contributed by atoms with Crippen molar-refractivity contribution in [1.82, 2.24) is 4.72 Å². The third-order valence-corrected chi connectivity index (χ3v) is 6.42. The van der Waals surface area contributed by atoms with Crippen LogP contribution in [0.25, 0.3) is 0 Å². The minimum Gasteiger partial charge on any atom is -0.480 e. The van der Waals surface area contributed by atoms with Crippen LogP contribution < -0.4 is 4.72 Å². The summed E-state index contributed by atoms with van der Waals surface area (Å²) in [6, 6.07) is 1.26. The van der Waals surface area contributed by atoms with Gasteiger partial charge in [0.25, 0.3) is 10.0 Å². The first kappa shape index (κ1) is 14.9. The molecule has 0 atom stereocenters. The number of aliphatic carboxylic acids is 1. The minimum absolute atomic E-state index is 0.0382. The first-order valence-corrected chi connectivity index (χ1v) is 7.75. The second kappa shape index (κ2) is 4.85. The summed E-state index contributed by atoms with van der Waals surface area (Å²) in [4.78, 5) is 10.8. The van der Waals surface area contributed by atoms with E-state index in [2.05, 4.69) is 20.7 Å². The van der Waals surface area contributed by atoms with Gasteiger partial charge in [0.15, 0.2) is 0 Å². The molecule has 0 bridgehead atoms. The molecule has 0 aliphatic carbocycles. The first-order chi connectivity index (χ1) is 7.56. The Bertz CT molecular complexity index is 532. The van der Waals surface area contributed by atoms with E-state index in [1.807, 2.05) is 0 Å². The van der Waals surface area contributed by atoms with E-state index in [1.165, 1.54) is 19.9 Å². The molecular weight excluding hydrogens is 354 g/mol. The van der Waals surface area contributed by atoms with Crippen LogP contribution in [0, 0.1) is 0 Å². The molecule has 1 heterocycles. The third-order valence-electron chi connectivity index (χ3n) is 1.81. The fourth-order valence-electron chi connectivity index (χ4n) is 0.889. The second-order valence-electron chi connectivity index (χ2n) is 3.72. The molecule has 0 saturated carbocycles. The molecule has 1 aromatic rings. The number of carbonyl (C=O) groups is 1. The van der Waals surface area contributed by atoms with Gasteiger partial charge >= 0.3 is 5.97 Å². The fourth-order valence-corrected chi connectivity index (χ4v) is 4.66. The minimum atomic E-state index is -3.89. The maximum Gasteiger partial charge on any atom is 0.324 e. The normalized spacial score (nSPS) is 12.7. The summed E-state index contributed by atoms with van der Waals surface area (Å²) in [5, 5.41) is 9.12. The highest BCUT2D eigenvalue weighted by Gasteiger charge is 2.34. The van der Waals surface area contributed by atoms with Crippen molar-refractivity contribution in [2.75, 3.05) is 0 Å². The van der Waals surface area contributed by atoms with Crippen LogP contribution in [-0.4, -0.2) is 25.0 Å². The average molecular weight is 363 g/mol. The van der Waals surface area contributed by atoms with Gasteiger partial charge in [0, 0.05) is 0 Å². The lowest BCUT2D eigenvalue weighted by molar-refractivity contribution is -0.142. The molecule has 1 rings (SSSR count). The van der Waals surface area contributed by atoms with Gasteiger partial charge in [-0.3, -0.25) is 4.79 Å². The highest BCUT2D eigenvalue weighted by atomic mass is 79.9. The summed E-state index contributed by atoms with van der Waals surface area (Å²) in [6.45, 7) is 2.52. The number of rotatable bonds is 4. The van der Waals surface area contributed by atoms with Gasteiger partial charge in [0.2, 0.25) is 0 Å². The molecule has 96 valence electrons. The molecule has 0 saturated heterocycles. The molecule has 0 unspecified atom stereocenters. The van der Waals surface area contributed by atoms with Crippen LogP contribution in [0.1, 0.15) is 13.8 Å². The molecule has 0 radical (unpaired) electrons. The van der Waals surface area contributed by atoms with E-state index in [0.29, 0.717) is 3.79 Å². The standard InChI is InChI=1S/C8H9BrClNO4S2/c1-8(2,7(12)13)11-17(14,15)5-3-4(10)6(9)16-5/h3,11H,1-2H3,(H,12,13).